The Morgan fingerprint density at radius 1 is 1.05 bits per heavy atom. The number of amides is 2. The van der Waals surface area contributed by atoms with E-state index < -0.39 is 5.25 Å². The van der Waals surface area contributed by atoms with E-state index in [0.29, 0.717) is 49.9 Å². The minimum absolute atomic E-state index is 0. The van der Waals surface area contributed by atoms with Crippen LogP contribution in [0, 0.1) is 5.92 Å². The van der Waals surface area contributed by atoms with E-state index in [-0.39, 0.29) is 36.8 Å². The molecule has 226 valence electrons. The topological polar surface area (TPSA) is 96.9 Å². The van der Waals surface area contributed by atoms with Crippen molar-refractivity contribution in [3.8, 4) is 22.8 Å². The maximum atomic E-state index is 13.6. The summed E-state index contributed by atoms with van der Waals surface area (Å²) in [5, 5.41) is -0.639. The Kier molecular flexibility index (Phi) is 9.30. The number of benzene rings is 2. The maximum Gasteiger partial charge on any atom is 0.326 e. The summed E-state index contributed by atoms with van der Waals surface area (Å²) in [6.07, 6.45) is 4.32. The van der Waals surface area contributed by atoms with Gasteiger partial charge in [0.05, 0.1) is 25.2 Å². The Morgan fingerprint density at radius 2 is 1.76 bits per heavy atom. The van der Waals surface area contributed by atoms with Crippen molar-refractivity contribution in [3.05, 3.63) is 70.8 Å². The van der Waals surface area contributed by atoms with Crippen LogP contribution in [0.15, 0.2) is 59.5 Å². The lowest BCUT2D eigenvalue weighted by molar-refractivity contribution is -0.136. The Labute approximate surface area is 252 Å². The standard InChI is InChI=1S/C32H40N4O5S.H2/c1-21(2)12-17-35-30(38)28(42-31(35)23-10-11-26(40-3)27(18-23)41-4)19-29(37)34-15-13-24(14-16-34)36-20-25(33-32(36)39)22-8-6-5-7-9-22;/h5-11,18,20-21,24,28,31H,12-17,19H2,1-4H3,(H,33,39);1H. The van der Waals surface area contributed by atoms with Crippen LogP contribution >= 0.6 is 11.8 Å². The Morgan fingerprint density at radius 3 is 2.43 bits per heavy atom. The highest BCUT2D eigenvalue weighted by Gasteiger charge is 2.42. The summed E-state index contributed by atoms with van der Waals surface area (Å²) in [5.74, 6) is 1.70. The van der Waals surface area contributed by atoms with Crippen molar-refractivity contribution in [1.29, 1.82) is 0 Å². The largest absolute Gasteiger partial charge is 0.493 e. The van der Waals surface area contributed by atoms with Crippen molar-refractivity contribution in [1.82, 2.24) is 19.4 Å². The number of imidazole rings is 1. The molecule has 0 radical (unpaired) electrons. The fraction of sp³-hybridized carbons (Fsp3) is 0.469. The van der Waals surface area contributed by atoms with Gasteiger partial charge in [0.2, 0.25) is 11.8 Å². The smallest absolute Gasteiger partial charge is 0.326 e. The number of H-pyrrole nitrogens is 1. The second-order valence-corrected chi connectivity index (χ2v) is 12.7. The van der Waals surface area contributed by atoms with E-state index in [1.54, 1.807) is 18.8 Å². The molecule has 2 aliphatic rings. The van der Waals surface area contributed by atoms with Gasteiger partial charge >= 0.3 is 5.69 Å². The van der Waals surface area contributed by atoms with E-state index in [4.69, 9.17) is 9.47 Å². The molecular weight excluding hydrogens is 552 g/mol. The van der Waals surface area contributed by atoms with Gasteiger partial charge in [-0.2, -0.15) is 0 Å². The number of nitrogens with zero attached hydrogens (tertiary/aromatic N) is 3. The molecule has 2 fully saturated rings. The van der Waals surface area contributed by atoms with E-state index in [0.717, 1.165) is 23.2 Å². The zero-order valence-corrected chi connectivity index (χ0v) is 25.6. The second-order valence-electron chi connectivity index (χ2n) is 11.4. The first kappa shape index (κ1) is 29.8. The molecule has 42 heavy (non-hydrogen) atoms. The Hall–Kier alpha value is -3.66. The first-order valence-electron chi connectivity index (χ1n) is 14.6. The quantitative estimate of drug-likeness (QED) is 0.340. The number of rotatable bonds is 10. The molecule has 1 N–H and O–H groups in total. The molecule has 2 aromatic carbocycles. The summed E-state index contributed by atoms with van der Waals surface area (Å²) < 4.78 is 12.7. The highest BCUT2D eigenvalue weighted by atomic mass is 32.2. The molecule has 2 aliphatic heterocycles. The van der Waals surface area contributed by atoms with E-state index in [1.165, 1.54) is 11.8 Å². The predicted molar refractivity (Wildman–Crippen MR) is 167 cm³/mol. The minimum Gasteiger partial charge on any atom is -0.493 e. The number of piperidine rings is 1. The van der Waals surface area contributed by atoms with Crippen molar-refractivity contribution >= 4 is 23.6 Å². The van der Waals surface area contributed by atoms with Gasteiger partial charge in [-0.25, -0.2) is 4.79 Å². The third-order valence-corrected chi connectivity index (χ3v) is 9.66. The lowest BCUT2D eigenvalue weighted by Crippen LogP contribution is -2.42. The zero-order chi connectivity index (χ0) is 29.8. The summed E-state index contributed by atoms with van der Waals surface area (Å²) in [4.78, 5) is 46.5. The van der Waals surface area contributed by atoms with Gasteiger partial charge in [-0.3, -0.25) is 14.2 Å². The summed E-state index contributed by atoms with van der Waals surface area (Å²) >= 11 is 1.54. The molecule has 3 heterocycles. The van der Waals surface area contributed by atoms with Crippen molar-refractivity contribution < 1.29 is 20.5 Å². The monoisotopic (exact) mass is 594 g/mol. The molecule has 9 nitrogen and oxygen atoms in total. The number of carbonyl (C=O) groups excluding carboxylic acids is 2. The minimum atomic E-state index is -0.443. The number of aromatic amines is 1. The molecule has 2 atom stereocenters. The molecule has 2 saturated heterocycles. The molecule has 3 aromatic rings. The lowest BCUT2D eigenvalue weighted by Gasteiger charge is -2.32. The summed E-state index contributed by atoms with van der Waals surface area (Å²) in [6, 6.07) is 15.6. The van der Waals surface area contributed by atoms with E-state index in [1.807, 2.05) is 64.5 Å². The fourth-order valence-electron chi connectivity index (χ4n) is 5.74. The number of hydrogen-bond acceptors (Lipinski definition) is 6. The highest BCUT2D eigenvalue weighted by molar-refractivity contribution is 8.01. The van der Waals surface area contributed by atoms with Gasteiger partial charge in [0, 0.05) is 39.7 Å². The molecule has 1 aromatic heterocycles. The molecule has 0 bridgehead atoms. The van der Waals surface area contributed by atoms with Gasteiger partial charge in [-0.15, -0.1) is 11.8 Å². The van der Waals surface area contributed by atoms with Gasteiger partial charge in [0.15, 0.2) is 11.5 Å². The summed E-state index contributed by atoms with van der Waals surface area (Å²) in [5.41, 5.74) is 2.59. The molecule has 0 spiro atoms. The van der Waals surface area contributed by atoms with Crippen molar-refractivity contribution in [2.45, 2.75) is 56.2 Å². The average molecular weight is 595 g/mol. The fourth-order valence-corrected chi connectivity index (χ4v) is 7.20. The molecule has 0 saturated carbocycles. The first-order valence-corrected chi connectivity index (χ1v) is 15.6. The van der Waals surface area contributed by atoms with Crippen LogP contribution in [0.5, 0.6) is 11.5 Å². The third kappa shape index (κ3) is 6.38. The number of carbonyl (C=O) groups is 2. The maximum absolute atomic E-state index is 13.6. The summed E-state index contributed by atoms with van der Waals surface area (Å²) in [7, 11) is 3.20. The molecule has 5 rings (SSSR count). The van der Waals surface area contributed by atoms with Crippen LogP contribution in [-0.2, 0) is 9.59 Å². The van der Waals surface area contributed by atoms with Crippen molar-refractivity contribution in [3.63, 3.8) is 0 Å². The van der Waals surface area contributed by atoms with E-state index >= 15 is 0 Å². The second kappa shape index (κ2) is 13.1. The molecule has 0 aliphatic carbocycles. The number of aromatic nitrogens is 2. The number of thioether (sulfide) groups is 1. The van der Waals surface area contributed by atoms with Crippen LogP contribution in [0.25, 0.3) is 11.3 Å². The SMILES string of the molecule is COc1ccc(C2SC(CC(=O)N3CCC(n4cc(-c5ccccc5)[nH]c4=O)CC3)C(=O)N2CCC(C)C)cc1OC.[HH]. The van der Waals surface area contributed by atoms with Crippen LogP contribution in [0.4, 0.5) is 0 Å². The molecule has 10 heteroatoms. The van der Waals surface area contributed by atoms with Crippen LogP contribution in [-0.4, -0.2) is 70.3 Å². The Balaban J connectivity index is 0.00000423. The number of methoxy groups -OCH3 is 2. The molecule has 2 unspecified atom stereocenters. The van der Waals surface area contributed by atoms with Gasteiger partial charge < -0.3 is 24.3 Å². The van der Waals surface area contributed by atoms with Crippen LogP contribution in [0.2, 0.25) is 0 Å². The van der Waals surface area contributed by atoms with Crippen LogP contribution in [0.3, 0.4) is 0 Å². The van der Waals surface area contributed by atoms with E-state index in [9.17, 15) is 14.4 Å². The number of likely N-dealkylation sites (tertiary alicyclic amines) is 1. The first-order chi connectivity index (χ1) is 20.3. The third-order valence-electron chi connectivity index (χ3n) is 8.17. The van der Waals surface area contributed by atoms with Gasteiger partial charge in [-0.1, -0.05) is 50.2 Å². The van der Waals surface area contributed by atoms with Crippen LogP contribution in [0.1, 0.15) is 57.9 Å². The molecular formula is C32H42N4O5S. The van der Waals surface area contributed by atoms with Gasteiger partial charge in [0.1, 0.15) is 5.37 Å². The van der Waals surface area contributed by atoms with Crippen molar-refractivity contribution in [2.75, 3.05) is 33.9 Å². The highest BCUT2D eigenvalue weighted by Crippen LogP contribution is 2.46. The summed E-state index contributed by atoms with van der Waals surface area (Å²) in [6.45, 7) is 6.05. The number of ether oxygens (including phenoxy) is 2. The zero-order valence-electron chi connectivity index (χ0n) is 24.7. The lowest BCUT2D eigenvalue weighted by atomic mass is 10.0. The van der Waals surface area contributed by atoms with Gasteiger partial charge in [0.25, 0.3) is 0 Å². The Bertz CT molecular complexity index is 1450. The van der Waals surface area contributed by atoms with Gasteiger partial charge in [-0.05, 0) is 48.4 Å². The van der Waals surface area contributed by atoms with E-state index in [2.05, 4.69) is 18.8 Å². The number of nitrogens with one attached hydrogen (secondary N) is 1. The average Bonchev–Trinajstić information content (AvgIpc) is 3.55. The molecule has 2 amide bonds. The number of hydrogen-bond donors (Lipinski definition) is 1. The normalized spacial score (nSPS) is 19.5. The predicted octanol–water partition coefficient (Wildman–Crippen LogP) is 5.35. The van der Waals surface area contributed by atoms with Crippen LogP contribution < -0.4 is 15.2 Å². The van der Waals surface area contributed by atoms with Crippen molar-refractivity contribution in [2.24, 2.45) is 5.92 Å².